The third-order valence-corrected chi connectivity index (χ3v) is 2.81. The number of benzene rings is 1. The minimum atomic E-state index is -0.418. The molecule has 98 valence electrons. The first-order chi connectivity index (χ1) is 9.26. The van der Waals surface area contributed by atoms with E-state index in [0.717, 1.165) is 16.6 Å². The number of fused-ring (bicyclic) bond motifs is 1. The fraction of sp³-hybridized carbons (Fsp3) is 0.154. The lowest BCUT2D eigenvalue weighted by atomic mass is 10.2. The van der Waals surface area contributed by atoms with E-state index in [2.05, 4.69) is 9.97 Å². The maximum absolute atomic E-state index is 13.8. The van der Waals surface area contributed by atoms with Crippen LogP contribution in [0.5, 0.6) is 5.75 Å². The summed E-state index contributed by atoms with van der Waals surface area (Å²) < 4.78 is 24.0. The van der Waals surface area contributed by atoms with Gasteiger partial charge in [-0.3, -0.25) is 0 Å². The number of hydrogen-bond donors (Lipinski definition) is 2. The lowest BCUT2D eigenvalue weighted by Gasteiger charge is -2.05. The number of halogens is 1. The Balaban J connectivity index is 1.88. The van der Waals surface area contributed by atoms with Crippen LogP contribution in [-0.4, -0.2) is 9.97 Å². The van der Waals surface area contributed by atoms with Crippen molar-refractivity contribution in [2.45, 2.75) is 13.2 Å². The number of oxazole rings is 1. The summed E-state index contributed by atoms with van der Waals surface area (Å²) >= 11 is 0. The second-order valence-corrected chi connectivity index (χ2v) is 4.14. The maximum Gasteiger partial charge on any atom is 0.180 e. The highest BCUT2D eigenvalue weighted by Gasteiger charge is 2.09. The molecule has 0 saturated carbocycles. The summed E-state index contributed by atoms with van der Waals surface area (Å²) in [7, 11) is 0. The molecular formula is C13H12FN3O2. The van der Waals surface area contributed by atoms with Gasteiger partial charge in [0.25, 0.3) is 0 Å². The molecule has 0 spiro atoms. The summed E-state index contributed by atoms with van der Waals surface area (Å²) in [6.45, 7) is 0.537. The lowest BCUT2D eigenvalue weighted by Crippen LogP contribution is -1.97. The third-order valence-electron chi connectivity index (χ3n) is 2.81. The average Bonchev–Trinajstić information content (AvgIpc) is 3.04. The van der Waals surface area contributed by atoms with Gasteiger partial charge in [0.2, 0.25) is 0 Å². The number of nitrogens with zero attached hydrogens (tertiary/aromatic N) is 1. The SMILES string of the molecule is NCc1cc2cc(F)c(OCc3cocn3)cc2[nH]1. The van der Waals surface area contributed by atoms with Crippen molar-refractivity contribution >= 4 is 10.9 Å². The highest BCUT2D eigenvalue weighted by molar-refractivity contribution is 5.82. The van der Waals surface area contributed by atoms with E-state index in [4.69, 9.17) is 14.9 Å². The summed E-state index contributed by atoms with van der Waals surface area (Å²) in [5, 5.41) is 0.770. The second kappa shape index (κ2) is 4.74. The van der Waals surface area contributed by atoms with Gasteiger partial charge in [-0.1, -0.05) is 0 Å². The Morgan fingerprint density at radius 2 is 2.26 bits per heavy atom. The molecule has 0 unspecified atom stereocenters. The van der Waals surface area contributed by atoms with E-state index in [-0.39, 0.29) is 12.4 Å². The third kappa shape index (κ3) is 2.30. The Labute approximate surface area is 108 Å². The van der Waals surface area contributed by atoms with Gasteiger partial charge in [-0.05, 0) is 12.1 Å². The predicted octanol–water partition coefficient (Wildman–Crippen LogP) is 2.33. The lowest BCUT2D eigenvalue weighted by molar-refractivity contribution is 0.286. The molecule has 0 fully saturated rings. The molecule has 6 heteroatoms. The molecule has 0 aliphatic carbocycles. The van der Waals surface area contributed by atoms with Gasteiger partial charge in [0.05, 0.1) is 0 Å². The highest BCUT2D eigenvalue weighted by Crippen LogP contribution is 2.25. The largest absolute Gasteiger partial charge is 0.484 e. The van der Waals surface area contributed by atoms with Crippen LogP contribution in [0.3, 0.4) is 0 Å². The molecule has 0 aliphatic heterocycles. The monoisotopic (exact) mass is 261 g/mol. The molecule has 0 saturated heterocycles. The zero-order valence-corrected chi connectivity index (χ0v) is 10.0. The van der Waals surface area contributed by atoms with Crippen LogP contribution in [0.2, 0.25) is 0 Å². The van der Waals surface area contributed by atoms with Crippen molar-refractivity contribution in [1.82, 2.24) is 9.97 Å². The zero-order valence-electron chi connectivity index (χ0n) is 10.0. The molecule has 0 atom stereocenters. The van der Waals surface area contributed by atoms with Crippen molar-refractivity contribution in [3.8, 4) is 5.75 Å². The first-order valence-electron chi connectivity index (χ1n) is 5.77. The van der Waals surface area contributed by atoms with E-state index in [9.17, 15) is 4.39 Å². The molecule has 3 N–H and O–H groups in total. The Morgan fingerprint density at radius 1 is 1.37 bits per heavy atom. The average molecular weight is 261 g/mol. The first-order valence-corrected chi connectivity index (χ1v) is 5.77. The number of H-pyrrole nitrogens is 1. The molecule has 1 aromatic carbocycles. The number of hydrogen-bond acceptors (Lipinski definition) is 4. The molecule has 0 amide bonds. The van der Waals surface area contributed by atoms with Crippen molar-refractivity contribution in [1.29, 1.82) is 0 Å². The zero-order chi connectivity index (χ0) is 13.2. The number of aromatic amines is 1. The fourth-order valence-electron chi connectivity index (χ4n) is 1.87. The normalized spacial score (nSPS) is 11.1. The summed E-state index contributed by atoms with van der Waals surface area (Å²) in [5.74, 6) is -0.250. The maximum atomic E-state index is 13.8. The summed E-state index contributed by atoms with van der Waals surface area (Å²) in [5.41, 5.74) is 7.78. The summed E-state index contributed by atoms with van der Waals surface area (Å²) in [6.07, 6.45) is 2.76. The Morgan fingerprint density at radius 3 is 3.00 bits per heavy atom. The van der Waals surface area contributed by atoms with Crippen LogP contribution >= 0.6 is 0 Å². The van der Waals surface area contributed by atoms with E-state index < -0.39 is 5.82 Å². The molecule has 5 nitrogen and oxygen atoms in total. The van der Waals surface area contributed by atoms with Crippen LogP contribution in [0.25, 0.3) is 10.9 Å². The summed E-state index contributed by atoms with van der Waals surface area (Å²) in [6, 6.07) is 4.85. The number of nitrogens with one attached hydrogen (secondary N) is 1. The molecular weight excluding hydrogens is 249 g/mol. The quantitative estimate of drug-likeness (QED) is 0.755. The van der Waals surface area contributed by atoms with Crippen LogP contribution in [0.1, 0.15) is 11.4 Å². The number of nitrogens with two attached hydrogens (primary N) is 1. The highest BCUT2D eigenvalue weighted by atomic mass is 19.1. The molecule has 3 aromatic rings. The van der Waals surface area contributed by atoms with Gasteiger partial charge in [-0.15, -0.1) is 0 Å². The van der Waals surface area contributed by atoms with Crippen molar-refractivity contribution < 1.29 is 13.5 Å². The topological polar surface area (TPSA) is 77.1 Å². The number of ether oxygens (including phenoxy) is 1. The standard InChI is InChI=1S/C13H12FN3O2/c14-11-2-8-1-9(4-15)17-12(8)3-13(11)19-6-10-5-18-7-16-10/h1-3,5,7,17H,4,6,15H2. The van der Waals surface area contributed by atoms with Crippen LogP contribution in [0, 0.1) is 5.82 Å². The Kier molecular flexibility index (Phi) is 2.92. The minimum absolute atomic E-state index is 0.156. The van der Waals surface area contributed by atoms with Gasteiger partial charge in [-0.25, -0.2) is 9.37 Å². The second-order valence-electron chi connectivity index (χ2n) is 4.14. The molecule has 0 aliphatic rings. The molecule has 2 heterocycles. The van der Waals surface area contributed by atoms with E-state index in [1.807, 2.05) is 6.07 Å². The van der Waals surface area contributed by atoms with Crippen molar-refractivity contribution in [3.63, 3.8) is 0 Å². The van der Waals surface area contributed by atoms with Crippen molar-refractivity contribution in [2.75, 3.05) is 0 Å². The molecule has 3 rings (SSSR count). The number of rotatable bonds is 4. The molecule has 0 bridgehead atoms. The van der Waals surface area contributed by atoms with Crippen LogP contribution in [-0.2, 0) is 13.2 Å². The molecule has 19 heavy (non-hydrogen) atoms. The predicted molar refractivity (Wildman–Crippen MR) is 67.0 cm³/mol. The van der Waals surface area contributed by atoms with Gasteiger partial charge < -0.3 is 19.9 Å². The fourth-order valence-corrected chi connectivity index (χ4v) is 1.87. The smallest absolute Gasteiger partial charge is 0.180 e. The Hall–Kier alpha value is -2.34. The van der Waals surface area contributed by atoms with E-state index in [1.165, 1.54) is 18.7 Å². The molecule has 2 aromatic heterocycles. The number of aromatic nitrogens is 2. The van der Waals surface area contributed by atoms with Gasteiger partial charge in [0.1, 0.15) is 18.6 Å². The van der Waals surface area contributed by atoms with Gasteiger partial charge in [-0.2, -0.15) is 0 Å². The Bertz CT molecular complexity index is 691. The first kappa shape index (κ1) is 11.7. The van der Waals surface area contributed by atoms with Gasteiger partial charge >= 0.3 is 0 Å². The summed E-state index contributed by atoms with van der Waals surface area (Å²) in [4.78, 5) is 7.00. The van der Waals surface area contributed by atoms with E-state index >= 15 is 0 Å². The van der Waals surface area contributed by atoms with Gasteiger partial charge in [0, 0.05) is 29.2 Å². The van der Waals surface area contributed by atoms with E-state index in [0.29, 0.717) is 12.2 Å². The minimum Gasteiger partial charge on any atom is -0.484 e. The van der Waals surface area contributed by atoms with Crippen LogP contribution in [0.15, 0.2) is 35.3 Å². The van der Waals surface area contributed by atoms with Crippen LogP contribution in [0.4, 0.5) is 4.39 Å². The van der Waals surface area contributed by atoms with Crippen molar-refractivity contribution in [2.24, 2.45) is 5.73 Å². The van der Waals surface area contributed by atoms with Crippen LogP contribution < -0.4 is 10.5 Å². The van der Waals surface area contributed by atoms with Crippen molar-refractivity contribution in [3.05, 3.63) is 48.1 Å². The molecule has 0 radical (unpaired) electrons. The van der Waals surface area contributed by atoms with E-state index in [1.54, 1.807) is 6.07 Å². The van der Waals surface area contributed by atoms with Gasteiger partial charge in [0.15, 0.2) is 18.0 Å².